The van der Waals surface area contributed by atoms with Crippen molar-refractivity contribution in [3.63, 3.8) is 0 Å². The van der Waals surface area contributed by atoms with Crippen molar-refractivity contribution < 1.29 is 18.4 Å². The second-order valence-corrected chi connectivity index (χ2v) is 20.2. The molecule has 0 radical (unpaired) electrons. The second kappa shape index (κ2) is 11.0. The van der Waals surface area contributed by atoms with E-state index in [1.807, 2.05) is 0 Å². The Kier molecular flexibility index (Phi) is 9.64. The van der Waals surface area contributed by atoms with E-state index in [4.69, 9.17) is 3.07 Å². The molecule has 5 nitrogen and oxygen atoms in total. The average molecular weight is 480 g/mol. The molecular weight excluding hydrogens is 439 g/mol. The van der Waals surface area contributed by atoms with Gasteiger partial charge in [0.1, 0.15) is 0 Å². The van der Waals surface area contributed by atoms with Crippen molar-refractivity contribution in [3.05, 3.63) is 0 Å². The zero-order valence-corrected chi connectivity index (χ0v) is 19.9. The van der Waals surface area contributed by atoms with Gasteiger partial charge in [-0.3, -0.25) is 0 Å². The number of aliphatic hydroxyl groups excluding tert-OH is 3. The van der Waals surface area contributed by atoms with Crippen molar-refractivity contribution in [2.24, 2.45) is 0 Å². The first-order valence-corrected chi connectivity index (χ1v) is 18.2. The van der Waals surface area contributed by atoms with Gasteiger partial charge in [-0.25, -0.2) is 0 Å². The van der Waals surface area contributed by atoms with E-state index >= 15 is 0 Å². The van der Waals surface area contributed by atoms with Crippen LogP contribution in [-0.2, 0) is 3.07 Å². The minimum absolute atomic E-state index is 0.284. The summed E-state index contributed by atoms with van der Waals surface area (Å²) in [5.41, 5.74) is 0. The third-order valence-electron chi connectivity index (χ3n) is 6.38. The molecule has 0 aliphatic carbocycles. The topological polar surface area (TPSA) is 73.2 Å². The van der Waals surface area contributed by atoms with E-state index in [0.29, 0.717) is 13.0 Å². The van der Waals surface area contributed by atoms with Gasteiger partial charge in [0.25, 0.3) is 0 Å². The number of rotatable bonds is 11. The van der Waals surface area contributed by atoms with Gasteiger partial charge < -0.3 is 0 Å². The van der Waals surface area contributed by atoms with E-state index < -0.39 is 37.1 Å². The normalized spacial score (nSPS) is 32.8. The van der Waals surface area contributed by atoms with Crippen LogP contribution in [0.4, 0.5) is 0 Å². The van der Waals surface area contributed by atoms with Crippen LogP contribution in [0.1, 0.15) is 65.7 Å². The number of hydrogen-bond acceptors (Lipinski definition) is 5. The van der Waals surface area contributed by atoms with Crippen molar-refractivity contribution in [1.29, 1.82) is 0 Å². The molecule has 0 saturated carbocycles. The van der Waals surface area contributed by atoms with Gasteiger partial charge in [0.15, 0.2) is 0 Å². The van der Waals surface area contributed by atoms with Crippen LogP contribution in [0.5, 0.6) is 0 Å². The van der Waals surface area contributed by atoms with Crippen molar-refractivity contribution in [2.75, 3.05) is 13.1 Å². The third kappa shape index (κ3) is 5.57. The predicted octanol–water partition coefficient (Wildman–Crippen LogP) is 2.89. The van der Waals surface area contributed by atoms with Gasteiger partial charge in [0.2, 0.25) is 0 Å². The van der Waals surface area contributed by atoms with Crippen molar-refractivity contribution >= 4 is 18.8 Å². The molecule has 0 bridgehead atoms. The predicted molar refractivity (Wildman–Crippen MR) is 108 cm³/mol. The summed E-state index contributed by atoms with van der Waals surface area (Å²) in [4.78, 5) is 2.14. The van der Waals surface area contributed by atoms with Crippen LogP contribution in [0.15, 0.2) is 0 Å². The Hall–Kier alpha value is 0.599. The molecule has 0 spiro atoms. The first-order valence-electron chi connectivity index (χ1n) is 10.9. The molecule has 5 atom stereocenters. The van der Waals surface area contributed by atoms with Gasteiger partial charge in [-0.05, 0) is 0 Å². The summed E-state index contributed by atoms with van der Waals surface area (Å²) < 4.78 is 10.6. The van der Waals surface area contributed by atoms with Gasteiger partial charge in [-0.2, -0.15) is 0 Å². The zero-order chi connectivity index (χ0) is 19.2. The molecule has 0 aromatic heterocycles. The van der Waals surface area contributed by atoms with Gasteiger partial charge in [0.05, 0.1) is 0 Å². The molecular formula is C20H41NO4Sn. The molecule has 26 heavy (non-hydrogen) atoms. The van der Waals surface area contributed by atoms with E-state index in [-0.39, 0.29) is 12.1 Å². The summed E-state index contributed by atoms with van der Waals surface area (Å²) in [7, 11) is 0. The monoisotopic (exact) mass is 481 g/mol. The maximum atomic E-state index is 10.8. The number of hydrogen-bond donors (Lipinski definition) is 3. The van der Waals surface area contributed by atoms with E-state index in [9.17, 15) is 15.3 Å². The van der Waals surface area contributed by atoms with E-state index in [2.05, 4.69) is 25.7 Å². The van der Waals surface area contributed by atoms with Gasteiger partial charge in [-0.1, -0.05) is 0 Å². The van der Waals surface area contributed by atoms with E-state index in [1.165, 1.54) is 51.8 Å². The fourth-order valence-electron chi connectivity index (χ4n) is 4.76. The number of aliphatic hydroxyl groups is 3. The van der Waals surface area contributed by atoms with Gasteiger partial charge in [-0.15, -0.1) is 0 Å². The fourth-order valence-corrected chi connectivity index (χ4v) is 18.9. The van der Waals surface area contributed by atoms with Gasteiger partial charge in [0, 0.05) is 0 Å². The fraction of sp³-hybridized carbons (Fsp3) is 1.00. The Morgan fingerprint density at radius 2 is 1.46 bits per heavy atom. The molecule has 154 valence electrons. The van der Waals surface area contributed by atoms with E-state index in [0.717, 1.165) is 6.54 Å². The molecule has 0 aromatic rings. The third-order valence-corrected chi connectivity index (χ3v) is 19.5. The van der Waals surface area contributed by atoms with Crippen LogP contribution in [0.3, 0.4) is 0 Å². The second-order valence-electron chi connectivity index (χ2n) is 8.47. The first-order chi connectivity index (χ1) is 12.5. The standard InChI is InChI=1S/C8H14NO4.3C4H9.Sn/c10-4-1-2-9-3-5(11)7(12)8(13)6(4)9;3*1-3-4-2;/h4-8,10,12-13H,1-3H2;3*1,3-4H2,2H3;/q-1;;;;+1/t4-,5-,6+,7+,8+;;;;/m0..../s1/i2+2;;;;. The summed E-state index contributed by atoms with van der Waals surface area (Å²) in [6.45, 7) is 8.17. The Morgan fingerprint density at radius 1 is 0.923 bits per heavy atom. The van der Waals surface area contributed by atoms with Crippen LogP contribution >= 0.6 is 0 Å². The molecule has 2 heterocycles. The maximum absolute atomic E-state index is 10.8. The Balaban J connectivity index is 2.13. The van der Waals surface area contributed by atoms with Crippen LogP contribution < -0.4 is 0 Å². The molecule has 2 rings (SSSR count). The van der Waals surface area contributed by atoms with Crippen LogP contribution in [-0.4, -0.2) is 82.6 Å². The average Bonchev–Trinajstić information content (AvgIpc) is 3.01. The SMILES string of the molecule is CCC[CH2][Sn]([CH2]CCC)([CH2]CCC)[O][C@H]1CN2[14CH2]C[C@H](O)[C@@H]2[C@@H](O)[C@@H]1O. The summed E-state index contributed by atoms with van der Waals surface area (Å²) in [5.74, 6) is 0. The molecule has 0 aromatic carbocycles. The van der Waals surface area contributed by atoms with Crippen LogP contribution in [0, 0.1) is 0 Å². The first kappa shape index (κ1) is 22.9. The zero-order valence-electron chi connectivity index (χ0n) is 17.1. The Bertz CT molecular complexity index is 389. The summed E-state index contributed by atoms with van der Waals surface area (Å²) in [5, 5.41) is 31.5. The van der Waals surface area contributed by atoms with E-state index in [1.54, 1.807) is 0 Å². The molecule has 3 N–H and O–H groups in total. The molecule has 0 amide bonds. The Labute approximate surface area is 164 Å². The van der Waals surface area contributed by atoms with Crippen LogP contribution in [0.2, 0.25) is 13.3 Å². The summed E-state index contributed by atoms with van der Waals surface area (Å²) >= 11 is -2.83. The molecule has 2 fully saturated rings. The van der Waals surface area contributed by atoms with Crippen molar-refractivity contribution in [1.82, 2.24) is 4.90 Å². The number of nitrogens with zero attached hydrogens (tertiary/aromatic N) is 1. The Morgan fingerprint density at radius 3 is 1.96 bits per heavy atom. The minimum atomic E-state index is -2.83. The quantitative estimate of drug-likeness (QED) is 0.397. The van der Waals surface area contributed by atoms with Crippen LogP contribution in [0.25, 0.3) is 0 Å². The number of unbranched alkanes of at least 4 members (excludes halogenated alkanes) is 3. The molecule has 6 heteroatoms. The molecule has 2 saturated heterocycles. The number of piperidine rings is 1. The molecule has 2 aliphatic heterocycles. The van der Waals surface area contributed by atoms with Crippen molar-refractivity contribution in [2.45, 2.75) is 109 Å². The summed E-state index contributed by atoms with van der Waals surface area (Å²) in [6.07, 6.45) is 5.33. The van der Waals surface area contributed by atoms with Gasteiger partial charge >= 0.3 is 165 Å². The number of fused-ring (bicyclic) bond motifs is 1. The van der Waals surface area contributed by atoms with Crippen molar-refractivity contribution in [3.8, 4) is 0 Å². The molecule has 0 unspecified atom stereocenters. The summed E-state index contributed by atoms with van der Waals surface area (Å²) in [6, 6.07) is -0.323. The molecule has 2 aliphatic rings.